The van der Waals surface area contributed by atoms with Crippen molar-refractivity contribution in [2.24, 2.45) is 5.92 Å². The van der Waals surface area contributed by atoms with Crippen LogP contribution in [0.15, 0.2) is 24.3 Å². The summed E-state index contributed by atoms with van der Waals surface area (Å²) in [6.45, 7) is 2.71. The second-order valence-electron chi connectivity index (χ2n) is 5.32. The zero-order valence-corrected chi connectivity index (χ0v) is 12.6. The molecule has 21 heavy (non-hydrogen) atoms. The number of carboxylic acids is 1. The van der Waals surface area contributed by atoms with E-state index in [4.69, 9.17) is 16.7 Å². The van der Waals surface area contributed by atoms with E-state index in [0.717, 1.165) is 5.56 Å². The van der Waals surface area contributed by atoms with E-state index in [2.05, 4.69) is 5.32 Å². The zero-order chi connectivity index (χ0) is 15.4. The lowest BCUT2D eigenvalue weighted by molar-refractivity contribution is -0.143. The highest BCUT2D eigenvalue weighted by Crippen LogP contribution is 2.23. The van der Waals surface area contributed by atoms with Crippen LogP contribution in [0.25, 0.3) is 0 Å². The third-order valence-electron chi connectivity index (χ3n) is 3.77. The lowest BCUT2D eigenvalue weighted by atomic mass is 9.98. The van der Waals surface area contributed by atoms with Gasteiger partial charge in [-0.25, -0.2) is 4.79 Å². The Kier molecular flexibility index (Phi) is 5.07. The fourth-order valence-electron chi connectivity index (χ4n) is 2.54. The van der Waals surface area contributed by atoms with Gasteiger partial charge in [-0.05, 0) is 31.4 Å². The molecule has 1 aliphatic heterocycles. The van der Waals surface area contributed by atoms with Gasteiger partial charge in [-0.2, -0.15) is 0 Å². The van der Waals surface area contributed by atoms with Crippen molar-refractivity contribution in [2.75, 3.05) is 13.1 Å². The molecule has 1 aromatic rings. The van der Waals surface area contributed by atoms with E-state index in [1.54, 1.807) is 11.0 Å². The van der Waals surface area contributed by atoms with Crippen molar-refractivity contribution in [3.63, 3.8) is 0 Å². The van der Waals surface area contributed by atoms with Gasteiger partial charge in [0, 0.05) is 18.1 Å². The van der Waals surface area contributed by atoms with E-state index in [1.807, 2.05) is 25.1 Å². The molecule has 1 fully saturated rings. The monoisotopic (exact) mass is 310 g/mol. The van der Waals surface area contributed by atoms with Gasteiger partial charge in [0.1, 0.15) is 0 Å². The van der Waals surface area contributed by atoms with Crippen LogP contribution in [0.5, 0.6) is 0 Å². The Morgan fingerprint density at radius 3 is 2.81 bits per heavy atom. The molecule has 1 unspecified atom stereocenters. The molecule has 1 heterocycles. The van der Waals surface area contributed by atoms with Crippen LogP contribution in [-0.2, 0) is 4.79 Å². The second-order valence-corrected chi connectivity index (χ2v) is 5.72. The molecule has 1 aliphatic rings. The molecule has 0 saturated carbocycles. The van der Waals surface area contributed by atoms with Crippen LogP contribution in [-0.4, -0.2) is 35.1 Å². The van der Waals surface area contributed by atoms with Gasteiger partial charge in [0.05, 0.1) is 12.0 Å². The molecule has 2 atom stereocenters. The summed E-state index contributed by atoms with van der Waals surface area (Å²) in [7, 11) is 0. The van der Waals surface area contributed by atoms with E-state index in [9.17, 15) is 9.59 Å². The summed E-state index contributed by atoms with van der Waals surface area (Å²) in [6, 6.07) is 6.88. The fourth-order valence-corrected chi connectivity index (χ4v) is 2.84. The molecule has 5 nitrogen and oxygen atoms in total. The van der Waals surface area contributed by atoms with Gasteiger partial charge in [-0.15, -0.1) is 0 Å². The molecule has 1 aromatic carbocycles. The lowest BCUT2D eigenvalue weighted by Gasteiger charge is -2.31. The molecule has 2 rings (SSSR count). The largest absolute Gasteiger partial charge is 0.481 e. The van der Waals surface area contributed by atoms with E-state index in [0.29, 0.717) is 24.4 Å². The number of likely N-dealkylation sites (tertiary alicyclic amines) is 1. The van der Waals surface area contributed by atoms with Crippen LogP contribution in [0.2, 0.25) is 5.02 Å². The van der Waals surface area contributed by atoms with Crippen molar-refractivity contribution >= 4 is 23.6 Å². The predicted molar refractivity (Wildman–Crippen MR) is 80.3 cm³/mol. The minimum Gasteiger partial charge on any atom is -0.481 e. The number of nitrogens with zero attached hydrogens (tertiary/aromatic N) is 1. The highest BCUT2D eigenvalue weighted by Gasteiger charge is 2.28. The molecule has 1 saturated heterocycles. The quantitative estimate of drug-likeness (QED) is 0.902. The molecule has 0 aromatic heterocycles. The van der Waals surface area contributed by atoms with Crippen molar-refractivity contribution in [3.05, 3.63) is 34.9 Å². The molecule has 0 aliphatic carbocycles. The average Bonchev–Trinajstić information content (AvgIpc) is 2.47. The first-order valence-electron chi connectivity index (χ1n) is 7.01. The Labute approximate surface area is 128 Å². The van der Waals surface area contributed by atoms with E-state index in [1.165, 1.54) is 0 Å². The number of carboxylic acid groups (broad SMARTS) is 1. The predicted octanol–water partition coefficient (Wildman–Crippen LogP) is 2.91. The number of hydrogen-bond acceptors (Lipinski definition) is 2. The summed E-state index contributed by atoms with van der Waals surface area (Å²) in [5.74, 6) is -1.31. The molecule has 2 amide bonds. The van der Waals surface area contributed by atoms with E-state index < -0.39 is 11.9 Å². The summed E-state index contributed by atoms with van der Waals surface area (Å²) < 4.78 is 0. The first kappa shape index (κ1) is 15.6. The standard InChI is InChI=1S/C15H19ClN2O3/c1-10(12-6-2-3-7-13(12)16)17-15(21)18-8-4-5-11(9-18)14(19)20/h2-3,6-7,10-11H,4-5,8-9H2,1H3,(H,17,21)(H,19,20)/t10?,11-/m1/s1. The topological polar surface area (TPSA) is 69.6 Å². The molecule has 6 heteroatoms. The van der Waals surface area contributed by atoms with Crippen LogP contribution in [0.1, 0.15) is 31.4 Å². The van der Waals surface area contributed by atoms with Crippen molar-refractivity contribution in [1.29, 1.82) is 0 Å². The van der Waals surface area contributed by atoms with Crippen molar-refractivity contribution in [2.45, 2.75) is 25.8 Å². The minimum atomic E-state index is -0.841. The molecule has 0 spiro atoms. The summed E-state index contributed by atoms with van der Waals surface area (Å²) in [4.78, 5) is 24.8. The Balaban J connectivity index is 1.98. The molecule has 114 valence electrons. The molecular formula is C15H19ClN2O3. The number of aliphatic carboxylic acids is 1. The van der Waals surface area contributed by atoms with Gasteiger partial charge in [0.15, 0.2) is 0 Å². The maximum atomic E-state index is 12.2. The van der Waals surface area contributed by atoms with Gasteiger partial charge >= 0.3 is 12.0 Å². The van der Waals surface area contributed by atoms with Gasteiger partial charge in [0.2, 0.25) is 0 Å². The number of rotatable bonds is 3. The number of benzene rings is 1. The fraction of sp³-hybridized carbons (Fsp3) is 0.467. The number of amides is 2. The Bertz CT molecular complexity index is 535. The molecule has 2 N–H and O–H groups in total. The van der Waals surface area contributed by atoms with Crippen molar-refractivity contribution in [3.8, 4) is 0 Å². The van der Waals surface area contributed by atoms with Crippen molar-refractivity contribution in [1.82, 2.24) is 10.2 Å². The minimum absolute atomic E-state index is 0.226. The number of hydrogen-bond donors (Lipinski definition) is 2. The summed E-state index contributed by atoms with van der Waals surface area (Å²) in [6.07, 6.45) is 1.34. The van der Waals surface area contributed by atoms with Crippen molar-refractivity contribution < 1.29 is 14.7 Å². The number of halogens is 1. The van der Waals surface area contributed by atoms with Crippen LogP contribution in [0.4, 0.5) is 4.79 Å². The van der Waals surface area contributed by atoms with Gasteiger partial charge in [-0.1, -0.05) is 29.8 Å². The summed E-state index contributed by atoms with van der Waals surface area (Å²) in [5.41, 5.74) is 0.847. The summed E-state index contributed by atoms with van der Waals surface area (Å²) >= 11 is 6.11. The van der Waals surface area contributed by atoms with Gasteiger partial charge in [-0.3, -0.25) is 4.79 Å². The molecular weight excluding hydrogens is 292 g/mol. The number of nitrogens with one attached hydrogen (secondary N) is 1. The van der Waals surface area contributed by atoms with Gasteiger partial charge < -0.3 is 15.3 Å². The summed E-state index contributed by atoms with van der Waals surface area (Å²) in [5, 5.41) is 12.5. The van der Waals surface area contributed by atoms with Crippen LogP contribution < -0.4 is 5.32 Å². The Morgan fingerprint density at radius 2 is 2.14 bits per heavy atom. The third-order valence-corrected chi connectivity index (χ3v) is 4.11. The second kappa shape index (κ2) is 6.80. The maximum Gasteiger partial charge on any atom is 0.317 e. The Morgan fingerprint density at radius 1 is 1.43 bits per heavy atom. The molecule has 0 bridgehead atoms. The average molecular weight is 311 g/mol. The zero-order valence-electron chi connectivity index (χ0n) is 11.9. The first-order chi connectivity index (χ1) is 9.99. The normalized spacial score (nSPS) is 19.9. The van der Waals surface area contributed by atoms with Crippen LogP contribution in [0.3, 0.4) is 0 Å². The van der Waals surface area contributed by atoms with Crippen LogP contribution >= 0.6 is 11.6 Å². The van der Waals surface area contributed by atoms with E-state index >= 15 is 0 Å². The first-order valence-corrected chi connectivity index (χ1v) is 7.39. The third kappa shape index (κ3) is 3.88. The highest BCUT2D eigenvalue weighted by molar-refractivity contribution is 6.31. The number of urea groups is 1. The highest BCUT2D eigenvalue weighted by atomic mass is 35.5. The molecule has 0 radical (unpaired) electrons. The van der Waals surface area contributed by atoms with Gasteiger partial charge in [0.25, 0.3) is 0 Å². The number of carbonyl (C=O) groups is 2. The number of piperidine rings is 1. The maximum absolute atomic E-state index is 12.2. The van der Waals surface area contributed by atoms with E-state index in [-0.39, 0.29) is 18.6 Å². The number of carbonyl (C=O) groups excluding carboxylic acids is 1. The SMILES string of the molecule is CC(NC(=O)N1CCC[C@@H](C(=O)O)C1)c1ccccc1Cl. The smallest absolute Gasteiger partial charge is 0.317 e. The lowest BCUT2D eigenvalue weighted by Crippen LogP contribution is -2.47. The van der Waals surface area contributed by atoms with Crippen LogP contribution in [0, 0.1) is 5.92 Å². The Hall–Kier alpha value is -1.75.